The van der Waals surface area contributed by atoms with Gasteiger partial charge in [0.1, 0.15) is 0 Å². The normalized spacial score (nSPS) is 13.1. The van der Waals surface area contributed by atoms with E-state index in [0.717, 1.165) is 5.56 Å². The van der Waals surface area contributed by atoms with Gasteiger partial charge in [-0.25, -0.2) is 0 Å². The predicted octanol–water partition coefficient (Wildman–Crippen LogP) is 4.33. The van der Waals surface area contributed by atoms with Crippen LogP contribution in [-0.2, 0) is 0 Å². The van der Waals surface area contributed by atoms with Gasteiger partial charge < -0.3 is 0 Å². The zero-order valence-corrected chi connectivity index (χ0v) is 9.56. The van der Waals surface area contributed by atoms with Crippen molar-refractivity contribution in [2.75, 3.05) is 0 Å². The second-order valence-electron chi connectivity index (χ2n) is 2.90. The molecule has 0 saturated heterocycles. The lowest BCUT2D eigenvalue weighted by molar-refractivity contribution is -0.0791. The topological polar surface area (TPSA) is 0 Å². The van der Waals surface area contributed by atoms with Crippen LogP contribution >= 0.6 is 22.6 Å². The van der Waals surface area contributed by atoms with Crippen molar-refractivity contribution >= 4 is 26.2 Å². The molecule has 0 nitrogen and oxygen atoms in total. The van der Waals surface area contributed by atoms with Crippen LogP contribution in [0.4, 0.5) is 13.2 Å². The Labute approximate surface area is 94.0 Å². The standard InChI is InChI=1S/C10H8F3I/c1-7-2-4-8(5-3-7)9(14)6-10(11,12)13/h2-6H,1H3/b9-6+. The summed E-state index contributed by atoms with van der Waals surface area (Å²) in [5.74, 6) is 0. The Bertz CT molecular complexity index is 335. The fourth-order valence-corrected chi connectivity index (χ4v) is 1.65. The molecule has 0 aromatic heterocycles. The molecule has 14 heavy (non-hydrogen) atoms. The van der Waals surface area contributed by atoms with Crippen molar-refractivity contribution in [2.45, 2.75) is 13.1 Å². The Morgan fingerprint density at radius 2 is 1.71 bits per heavy atom. The maximum absolute atomic E-state index is 12.0. The third-order valence-electron chi connectivity index (χ3n) is 1.62. The molecule has 0 aliphatic heterocycles. The minimum atomic E-state index is -4.25. The molecule has 0 unspecified atom stereocenters. The van der Waals surface area contributed by atoms with Crippen molar-refractivity contribution in [3.05, 3.63) is 41.5 Å². The monoisotopic (exact) mass is 312 g/mol. The van der Waals surface area contributed by atoms with E-state index in [4.69, 9.17) is 0 Å². The van der Waals surface area contributed by atoms with Crippen LogP contribution in [-0.4, -0.2) is 6.18 Å². The van der Waals surface area contributed by atoms with Crippen LogP contribution in [0.15, 0.2) is 30.3 Å². The number of hydrogen-bond donors (Lipinski definition) is 0. The fourth-order valence-electron chi connectivity index (χ4n) is 0.940. The van der Waals surface area contributed by atoms with Gasteiger partial charge in [-0.3, -0.25) is 0 Å². The van der Waals surface area contributed by atoms with Gasteiger partial charge in [0.2, 0.25) is 0 Å². The smallest absolute Gasteiger partial charge is 0.167 e. The molecule has 0 aliphatic rings. The van der Waals surface area contributed by atoms with Crippen molar-refractivity contribution in [1.29, 1.82) is 0 Å². The van der Waals surface area contributed by atoms with E-state index in [2.05, 4.69) is 0 Å². The van der Waals surface area contributed by atoms with Gasteiger partial charge in [0.05, 0.1) is 0 Å². The highest BCUT2D eigenvalue weighted by Crippen LogP contribution is 2.28. The molecule has 0 N–H and O–H groups in total. The first-order valence-electron chi connectivity index (χ1n) is 3.90. The number of allylic oxidation sites excluding steroid dienone is 1. The van der Waals surface area contributed by atoms with E-state index >= 15 is 0 Å². The molecule has 4 heteroatoms. The van der Waals surface area contributed by atoms with E-state index in [-0.39, 0.29) is 3.58 Å². The Morgan fingerprint density at radius 3 is 2.14 bits per heavy atom. The van der Waals surface area contributed by atoms with Crippen LogP contribution in [0.5, 0.6) is 0 Å². The number of alkyl halides is 3. The van der Waals surface area contributed by atoms with Crippen LogP contribution < -0.4 is 0 Å². The Morgan fingerprint density at radius 1 is 1.21 bits per heavy atom. The van der Waals surface area contributed by atoms with Crippen LogP contribution in [0.2, 0.25) is 0 Å². The highest BCUT2D eigenvalue weighted by Gasteiger charge is 2.24. The average molecular weight is 312 g/mol. The molecule has 0 atom stereocenters. The first-order chi connectivity index (χ1) is 6.38. The zero-order valence-electron chi connectivity index (χ0n) is 7.40. The van der Waals surface area contributed by atoms with E-state index in [0.29, 0.717) is 11.6 Å². The van der Waals surface area contributed by atoms with Gasteiger partial charge in [-0.1, -0.05) is 29.8 Å². The van der Waals surface area contributed by atoms with Crippen molar-refractivity contribution in [2.24, 2.45) is 0 Å². The molecular formula is C10H8F3I. The summed E-state index contributed by atoms with van der Waals surface area (Å²) in [6.07, 6.45) is -3.94. The SMILES string of the molecule is Cc1ccc(/C(I)=C\C(F)(F)F)cc1. The summed E-state index contributed by atoms with van der Waals surface area (Å²) in [5, 5.41) is 0. The first kappa shape index (κ1) is 11.6. The van der Waals surface area contributed by atoms with Crippen molar-refractivity contribution < 1.29 is 13.2 Å². The summed E-state index contributed by atoms with van der Waals surface area (Å²) in [5.41, 5.74) is 1.62. The van der Waals surface area contributed by atoms with Gasteiger partial charge in [-0.2, -0.15) is 13.2 Å². The molecule has 0 radical (unpaired) electrons. The summed E-state index contributed by atoms with van der Waals surface area (Å²) >= 11 is 1.69. The maximum atomic E-state index is 12.0. The van der Waals surface area contributed by atoms with E-state index in [1.165, 1.54) is 0 Å². The van der Waals surface area contributed by atoms with Crippen molar-refractivity contribution in [3.63, 3.8) is 0 Å². The maximum Gasteiger partial charge on any atom is 0.410 e. The van der Waals surface area contributed by atoms with Crippen LogP contribution in [0.1, 0.15) is 11.1 Å². The quantitative estimate of drug-likeness (QED) is 0.677. The van der Waals surface area contributed by atoms with E-state index in [1.54, 1.807) is 46.9 Å². The van der Waals surface area contributed by atoms with Crippen LogP contribution in [0, 0.1) is 6.92 Å². The molecular weight excluding hydrogens is 304 g/mol. The lowest BCUT2D eigenvalue weighted by Crippen LogP contribution is -2.01. The molecule has 0 fully saturated rings. The van der Waals surface area contributed by atoms with Gasteiger partial charge in [0, 0.05) is 9.66 Å². The molecule has 76 valence electrons. The van der Waals surface area contributed by atoms with Gasteiger partial charge in [-0.05, 0) is 35.1 Å². The lowest BCUT2D eigenvalue weighted by atomic mass is 10.1. The highest BCUT2D eigenvalue weighted by molar-refractivity contribution is 14.1. The minimum Gasteiger partial charge on any atom is -0.167 e. The Balaban J connectivity index is 2.95. The highest BCUT2D eigenvalue weighted by atomic mass is 127. The predicted molar refractivity (Wildman–Crippen MR) is 59.2 cm³/mol. The fraction of sp³-hybridized carbons (Fsp3) is 0.200. The lowest BCUT2D eigenvalue weighted by Gasteiger charge is -2.03. The minimum absolute atomic E-state index is 0.204. The number of benzene rings is 1. The zero-order chi connectivity index (χ0) is 10.8. The summed E-state index contributed by atoms with van der Waals surface area (Å²) in [6.45, 7) is 1.89. The summed E-state index contributed by atoms with van der Waals surface area (Å²) in [6, 6.07) is 6.94. The molecule has 0 spiro atoms. The average Bonchev–Trinajstić information content (AvgIpc) is 2.02. The number of halogens is 4. The van der Waals surface area contributed by atoms with E-state index in [1.807, 2.05) is 6.92 Å². The first-order valence-corrected chi connectivity index (χ1v) is 4.98. The molecule has 0 amide bonds. The second kappa shape index (κ2) is 4.33. The molecule has 0 bridgehead atoms. The van der Waals surface area contributed by atoms with Crippen molar-refractivity contribution in [3.8, 4) is 0 Å². The number of rotatable bonds is 1. The molecule has 0 heterocycles. The number of aryl methyl sites for hydroxylation is 1. The summed E-state index contributed by atoms with van der Waals surface area (Å²) in [4.78, 5) is 0. The van der Waals surface area contributed by atoms with Gasteiger partial charge in [-0.15, -0.1) is 0 Å². The molecule has 0 saturated carbocycles. The second-order valence-corrected chi connectivity index (χ2v) is 4.06. The molecule has 0 aliphatic carbocycles. The van der Waals surface area contributed by atoms with E-state index in [9.17, 15) is 13.2 Å². The van der Waals surface area contributed by atoms with E-state index < -0.39 is 6.18 Å². The van der Waals surface area contributed by atoms with Crippen molar-refractivity contribution in [1.82, 2.24) is 0 Å². The van der Waals surface area contributed by atoms with Crippen LogP contribution in [0.3, 0.4) is 0 Å². The van der Waals surface area contributed by atoms with Gasteiger partial charge >= 0.3 is 6.18 Å². The van der Waals surface area contributed by atoms with Gasteiger partial charge in [0.15, 0.2) is 0 Å². The molecule has 1 aromatic carbocycles. The Kier molecular flexibility index (Phi) is 3.58. The third kappa shape index (κ3) is 3.69. The van der Waals surface area contributed by atoms with Crippen LogP contribution in [0.25, 0.3) is 3.58 Å². The molecule has 1 aromatic rings. The number of hydrogen-bond acceptors (Lipinski definition) is 0. The molecule has 1 rings (SSSR count). The summed E-state index contributed by atoms with van der Waals surface area (Å²) < 4.78 is 36.2. The summed E-state index contributed by atoms with van der Waals surface area (Å²) in [7, 11) is 0. The Hall–Kier alpha value is -0.520. The van der Waals surface area contributed by atoms with Gasteiger partial charge in [0.25, 0.3) is 0 Å². The third-order valence-corrected chi connectivity index (χ3v) is 2.55. The largest absolute Gasteiger partial charge is 0.410 e.